The van der Waals surface area contributed by atoms with Crippen molar-refractivity contribution in [3.63, 3.8) is 0 Å². The molecule has 1 N–H and O–H groups in total. The topological polar surface area (TPSA) is 37.3 Å². The molecule has 0 aromatic carbocycles. The predicted molar refractivity (Wildman–Crippen MR) is 84.8 cm³/mol. The third-order valence-corrected chi connectivity index (χ3v) is 7.11. The summed E-state index contributed by atoms with van der Waals surface area (Å²) in [7, 11) is 0. The van der Waals surface area contributed by atoms with Crippen molar-refractivity contribution in [1.82, 2.24) is 0 Å². The Morgan fingerprint density at radius 3 is 1.86 bits per heavy atom. The van der Waals surface area contributed by atoms with Crippen molar-refractivity contribution in [3.05, 3.63) is 0 Å². The highest BCUT2D eigenvalue weighted by Crippen LogP contribution is 2.69. The molecular weight excluding hydrogens is 260 g/mol. The van der Waals surface area contributed by atoms with Crippen LogP contribution in [-0.4, -0.2) is 11.1 Å². The summed E-state index contributed by atoms with van der Waals surface area (Å²) in [5.74, 6) is 3.46. The van der Waals surface area contributed by atoms with Crippen molar-refractivity contribution < 1.29 is 9.90 Å². The van der Waals surface area contributed by atoms with Crippen LogP contribution in [0.25, 0.3) is 0 Å². The van der Waals surface area contributed by atoms with Gasteiger partial charge in [-0.1, -0.05) is 41.5 Å². The zero-order valence-corrected chi connectivity index (χ0v) is 14.5. The van der Waals surface area contributed by atoms with Gasteiger partial charge in [0.05, 0.1) is 5.92 Å². The minimum absolute atomic E-state index is 0.0557. The molecule has 0 spiro atoms. The first kappa shape index (κ1) is 15.4. The number of carboxylic acid groups (broad SMARTS) is 1. The molecular formula is C19H32O2. The lowest BCUT2D eigenvalue weighted by Gasteiger charge is -2.40. The number of rotatable bonds is 1. The number of aliphatic carboxylic acids is 1. The van der Waals surface area contributed by atoms with Gasteiger partial charge in [-0.05, 0) is 65.6 Å². The molecule has 0 radical (unpaired) electrons. The number of carbonyl (C=O) groups is 1. The van der Waals surface area contributed by atoms with E-state index in [1.165, 1.54) is 12.8 Å². The highest BCUT2D eigenvalue weighted by molar-refractivity contribution is 5.71. The van der Waals surface area contributed by atoms with Gasteiger partial charge in [-0.3, -0.25) is 4.79 Å². The Morgan fingerprint density at radius 2 is 1.38 bits per heavy atom. The summed E-state index contributed by atoms with van der Waals surface area (Å²) in [6.07, 6.45) is 3.44. The summed E-state index contributed by atoms with van der Waals surface area (Å²) in [4.78, 5) is 11.6. The van der Waals surface area contributed by atoms with Gasteiger partial charge in [-0.25, -0.2) is 0 Å². The maximum Gasteiger partial charge on any atom is 0.306 e. The van der Waals surface area contributed by atoms with Gasteiger partial charge in [0, 0.05) is 0 Å². The molecule has 0 aromatic heterocycles. The van der Waals surface area contributed by atoms with E-state index in [-0.39, 0.29) is 5.92 Å². The van der Waals surface area contributed by atoms with Gasteiger partial charge in [0.2, 0.25) is 0 Å². The summed E-state index contributed by atoms with van der Waals surface area (Å²) in [5.41, 5.74) is 0.655. The first-order valence-electron chi connectivity index (χ1n) is 8.74. The van der Waals surface area contributed by atoms with Gasteiger partial charge < -0.3 is 5.11 Å². The second-order valence-corrected chi connectivity index (χ2v) is 10.2. The summed E-state index contributed by atoms with van der Waals surface area (Å²) < 4.78 is 0. The standard InChI is InChI=1S/C19H32O2/c1-18(2,3)13-9-14(19(4,5)6)16-11-7-10(15(13)16)8-12(11)17(20)21/h10-16H,7-9H2,1-6H3,(H,20,21). The maximum atomic E-state index is 11.6. The minimum atomic E-state index is -0.534. The molecule has 2 bridgehead atoms. The highest BCUT2D eigenvalue weighted by atomic mass is 16.4. The van der Waals surface area contributed by atoms with E-state index < -0.39 is 5.97 Å². The third-order valence-electron chi connectivity index (χ3n) is 7.11. The molecule has 3 aliphatic carbocycles. The molecule has 0 heterocycles. The Morgan fingerprint density at radius 1 is 0.857 bits per heavy atom. The Balaban J connectivity index is 1.96. The van der Waals surface area contributed by atoms with Crippen LogP contribution in [-0.2, 0) is 4.79 Å². The number of carboxylic acids is 1. The largest absolute Gasteiger partial charge is 0.481 e. The van der Waals surface area contributed by atoms with Crippen LogP contribution in [0.1, 0.15) is 60.8 Å². The fraction of sp³-hybridized carbons (Fsp3) is 0.947. The zero-order chi connectivity index (χ0) is 15.7. The van der Waals surface area contributed by atoms with Gasteiger partial charge >= 0.3 is 5.97 Å². The lowest BCUT2D eigenvalue weighted by Crippen LogP contribution is -2.38. The van der Waals surface area contributed by atoms with Crippen molar-refractivity contribution in [2.75, 3.05) is 0 Å². The van der Waals surface area contributed by atoms with E-state index in [4.69, 9.17) is 0 Å². The summed E-state index contributed by atoms with van der Waals surface area (Å²) in [6, 6.07) is 0. The molecule has 7 atom stereocenters. The molecule has 2 nitrogen and oxygen atoms in total. The van der Waals surface area contributed by atoms with Gasteiger partial charge in [0.15, 0.2) is 0 Å². The van der Waals surface area contributed by atoms with Crippen LogP contribution in [0, 0.1) is 52.3 Å². The summed E-state index contributed by atoms with van der Waals surface area (Å²) >= 11 is 0. The monoisotopic (exact) mass is 292 g/mol. The summed E-state index contributed by atoms with van der Waals surface area (Å²) in [6.45, 7) is 14.3. The molecule has 3 rings (SSSR count). The van der Waals surface area contributed by atoms with Crippen molar-refractivity contribution in [1.29, 1.82) is 0 Å². The Hall–Kier alpha value is -0.530. The molecule has 0 saturated heterocycles. The Labute approximate surface area is 129 Å². The number of fused-ring (bicyclic) bond motifs is 5. The number of hydrogen-bond donors (Lipinski definition) is 1. The second-order valence-electron chi connectivity index (χ2n) is 10.2. The van der Waals surface area contributed by atoms with Crippen molar-refractivity contribution in [2.24, 2.45) is 52.3 Å². The van der Waals surface area contributed by atoms with Gasteiger partial charge in [0.1, 0.15) is 0 Å². The van der Waals surface area contributed by atoms with Crippen LogP contribution >= 0.6 is 0 Å². The second kappa shape index (κ2) is 4.49. The third kappa shape index (κ3) is 2.24. The number of hydrogen-bond acceptors (Lipinski definition) is 1. The normalized spacial score (nSPS) is 45.9. The van der Waals surface area contributed by atoms with Crippen LogP contribution in [0.5, 0.6) is 0 Å². The van der Waals surface area contributed by atoms with Gasteiger partial charge in [0.25, 0.3) is 0 Å². The smallest absolute Gasteiger partial charge is 0.306 e. The SMILES string of the molecule is CC(C)(C)C1CC(C(C)(C)C)C2C3CC(CC3C(=O)O)C21. The molecule has 3 aliphatic rings. The summed E-state index contributed by atoms with van der Waals surface area (Å²) in [5, 5.41) is 9.57. The first-order chi connectivity index (χ1) is 9.51. The Bertz CT molecular complexity index is 439. The molecule has 7 unspecified atom stereocenters. The van der Waals surface area contributed by atoms with E-state index in [1.807, 2.05) is 0 Å². The van der Waals surface area contributed by atoms with Crippen LogP contribution in [0.3, 0.4) is 0 Å². The highest BCUT2D eigenvalue weighted by Gasteiger charge is 2.64. The fourth-order valence-electron chi connectivity index (χ4n) is 6.35. The van der Waals surface area contributed by atoms with Crippen molar-refractivity contribution >= 4 is 5.97 Å². The van der Waals surface area contributed by atoms with E-state index >= 15 is 0 Å². The molecule has 120 valence electrons. The van der Waals surface area contributed by atoms with Gasteiger partial charge in [-0.2, -0.15) is 0 Å². The predicted octanol–water partition coefficient (Wildman–Crippen LogP) is 4.69. The molecule has 0 aliphatic heterocycles. The molecule has 21 heavy (non-hydrogen) atoms. The van der Waals surface area contributed by atoms with E-state index in [9.17, 15) is 9.90 Å². The maximum absolute atomic E-state index is 11.6. The lowest BCUT2D eigenvalue weighted by atomic mass is 9.64. The zero-order valence-electron chi connectivity index (χ0n) is 14.5. The van der Waals surface area contributed by atoms with Crippen LogP contribution in [0.4, 0.5) is 0 Å². The molecule has 3 fully saturated rings. The van der Waals surface area contributed by atoms with E-state index in [1.54, 1.807) is 0 Å². The molecule has 0 aromatic rings. The first-order valence-corrected chi connectivity index (χ1v) is 8.74. The molecule has 0 amide bonds. The van der Waals surface area contributed by atoms with Crippen LogP contribution in [0.15, 0.2) is 0 Å². The Kier molecular flexibility index (Phi) is 3.28. The molecule has 2 heteroatoms. The van der Waals surface area contributed by atoms with Crippen LogP contribution < -0.4 is 0 Å². The average molecular weight is 292 g/mol. The van der Waals surface area contributed by atoms with Gasteiger partial charge in [-0.15, -0.1) is 0 Å². The van der Waals surface area contributed by atoms with E-state index in [0.717, 1.165) is 18.3 Å². The van der Waals surface area contributed by atoms with E-state index in [0.29, 0.717) is 34.5 Å². The van der Waals surface area contributed by atoms with Crippen molar-refractivity contribution in [2.45, 2.75) is 60.8 Å². The van der Waals surface area contributed by atoms with Crippen molar-refractivity contribution in [3.8, 4) is 0 Å². The minimum Gasteiger partial charge on any atom is -0.481 e. The average Bonchev–Trinajstić information content (AvgIpc) is 2.95. The quantitative estimate of drug-likeness (QED) is 0.761. The fourth-order valence-corrected chi connectivity index (χ4v) is 6.35. The molecule has 3 saturated carbocycles. The van der Waals surface area contributed by atoms with E-state index in [2.05, 4.69) is 41.5 Å². The lowest BCUT2D eigenvalue weighted by molar-refractivity contribution is -0.145. The van der Waals surface area contributed by atoms with Crippen LogP contribution in [0.2, 0.25) is 0 Å².